The third kappa shape index (κ3) is 5.79. The molecule has 1 rings (SSSR count). The van der Waals surface area contributed by atoms with Gasteiger partial charge >= 0.3 is 12.4 Å². The first-order valence-electron chi connectivity index (χ1n) is 5.72. The van der Waals surface area contributed by atoms with E-state index in [-0.39, 0.29) is 12.1 Å². The van der Waals surface area contributed by atoms with E-state index in [2.05, 4.69) is 5.32 Å². The zero-order valence-corrected chi connectivity index (χ0v) is 10.2. The molecule has 0 saturated heterocycles. The van der Waals surface area contributed by atoms with Crippen LogP contribution in [0.5, 0.6) is 0 Å². The summed E-state index contributed by atoms with van der Waals surface area (Å²) in [6.07, 6.45) is -11.2. The van der Waals surface area contributed by atoms with Crippen molar-refractivity contribution in [3.05, 3.63) is 35.4 Å². The Balaban J connectivity index is 2.54. The molecule has 1 aromatic rings. The highest BCUT2D eigenvalue weighted by Crippen LogP contribution is 2.30. The molecule has 20 heavy (non-hydrogen) atoms. The predicted molar refractivity (Wildman–Crippen MR) is 59.9 cm³/mol. The van der Waals surface area contributed by atoms with Gasteiger partial charge in [-0.15, -0.1) is 0 Å². The topological polar surface area (TPSA) is 32.3 Å². The third-order valence-electron chi connectivity index (χ3n) is 2.52. The molecule has 1 unspecified atom stereocenters. The van der Waals surface area contributed by atoms with Crippen LogP contribution in [0, 0.1) is 0 Å². The van der Waals surface area contributed by atoms with Crippen LogP contribution in [-0.2, 0) is 6.18 Å². The average Bonchev–Trinajstić information content (AvgIpc) is 2.32. The molecular weight excluding hydrogens is 288 g/mol. The molecule has 0 fully saturated rings. The van der Waals surface area contributed by atoms with Crippen LogP contribution in [0.4, 0.5) is 26.3 Å². The monoisotopic (exact) mass is 301 g/mol. The summed E-state index contributed by atoms with van der Waals surface area (Å²) in [5, 5.41) is 12.0. The van der Waals surface area contributed by atoms with Crippen molar-refractivity contribution < 1.29 is 31.4 Å². The van der Waals surface area contributed by atoms with Gasteiger partial charge in [-0.25, -0.2) is 0 Å². The lowest BCUT2D eigenvalue weighted by Gasteiger charge is -2.15. The molecule has 0 spiro atoms. The highest BCUT2D eigenvalue weighted by Gasteiger charge is 2.31. The molecule has 0 saturated carbocycles. The Morgan fingerprint density at radius 3 is 2.30 bits per heavy atom. The van der Waals surface area contributed by atoms with Crippen molar-refractivity contribution in [3.8, 4) is 0 Å². The summed E-state index contributed by atoms with van der Waals surface area (Å²) < 4.78 is 72.9. The lowest BCUT2D eigenvalue weighted by atomic mass is 10.1. The SMILES string of the molecule is OC(CNCCC(F)(F)F)c1cccc(C(F)(F)F)c1. The number of benzene rings is 1. The second kappa shape index (κ2) is 6.45. The van der Waals surface area contributed by atoms with Gasteiger partial charge in [0.25, 0.3) is 0 Å². The zero-order chi connectivity index (χ0) is 15.4. The highest BCUT2D eigenvalue weighted by molar-refractivity contribution is 5.27. The standard InChI is InChI=1S/C12H13F6NO/c13-11(14,15)4-5-19-7-10(20)8-2-1-3-9(6-8)12(16,17)18/h1-3,6,10,19-20H,4-5,7H2. The number of hydrogen-bond donors (Lipinski definition) is 2. The van der Waals surface area contributed by atoms with Crippen molar-refractivity contribution >= 4 is 0 Å². The van der Waals surface area contributed by atoms with Crippen molar-refractivity contribution in [2.45, 2.75) is 24.9 Å². The molecule has 114 valence electrons. The van der Waals surface area contributed by atoms with E-state index in [9.17, 15) is 31.4 Å². The maximum absolute atomic E-state index is 12.4. The van der Waals surface area contributed by atoms with Gasteiger partial charge in [0.2, 0.25) is 0 Å². The summed E-state index contributed by atoms with van der Waals surface area (Å²) in [7, 11) is 0. The van der Waals surface area contributed by atoms with E-state index in [4.69, 9.17) is 0 Å². The van der Waals surface area contributed by atoms with E-state index < -0.39 is 37.0 Å². The van der Waals surface area contributed by atoms with Crippen molar-refractivity contribution in [1.82, 2.24) is 5.32 Å². The molecule has 8 heteroatoms. The highest BCUT2D eigenvalue weighted by atomic mass is 19.4. The van der Waals surface area contributed by atoms with Crippen molar-refractivity contribution in [1.29, 1.82) is 0 Å². The molecule has 0 aromatic heterocycles. The quantitative estimate of drug-likeness (QED) is 0.646. The van der Waals surface area contributed by atoms with Crippen LogP contribution in [-0.4, -0.2) is 24.4 Å². The van der Waals surface area contributed by atoms with Gasteiger partial charge < -0.3 is 10.4 Å². The van der Waals surface area contributed by atoms with Gasteiger partial charge in [-0.2, -0.15) is 26.3 Å². The van der Waals surface area contributed by atoms with E-state index in [0.29, 0.717) is 0 Å². The summed E-state index contributed by atoms with van der Waals surface area (Å²) in [6.45, 7) is -0.656. The summed E-state index contributed by atoms with van der Waals surface area (Å²) in [4.78, 5) is 0. The van der Waals surface area contributed by atoms with Crippen LogP contribution >= 0.6 is 0 Å². The Bertz CT molecular complexity index is 429. The van der Waals surface area contributed by atoms with Gasteiger partial charge in [-0.1, -0.05) is 12.1 Å². The van der Waals surface area contributed by atoms with Crippen molar-refractivity contribution in [3.63, 3.8) is 0 Å². The second-order valence-electron chi connectivity index (χ2n) is 4.21. The number of aliphatic hydroxyl groups excluding tert-OH is 1. The maximum Gasteiger partial charge on any atom is 0.416 e. The van der Waals surface area contributed by atoms with Gasteiger partial charge in [-0.3, -0.25) is 0 Å². The molecule has 2 nitrogen and oxygen atoms in total. The number of aliphatic hydroxyl groups is 1. The van der Waals surface area contributed by atoms with Crippen LogP contribution < -0.4 is 5.32 Å². The Labute approximate surface area is 111 Å². The zero-order valence-electron chi connectivity index (χ0n) is 10.2. The first-order valence-corrected chi connectivity index (χ1v) is 5.72. The van der Waals surface area contributed by atoms with E-state index >= 15 is 0 Å². The lowest BCUT2D eigenvalue weighted by molar-refractivity contribution is -0.138. The number of alkyl halides is 6. The minimum Gasteiger partial charge on any atom is -0.387 e. The molecule has 0 aliphatic rings. The summed E-state index contributed by atoms with van der Waals surface area (Å²) in [5.41, 5.74) is -0.913. The number of halogens is 6. The third-order valence-corrected chi connectivity index (χ3v) is 2.52. The first kappa shape index (κ1) is 16.8. The van der Waals surface area contributed by atoms with Crippen LogP contribution in [0.1, 0.15) is 23.7 Å². The number of rotatable bonds is 5. The second-order valence-corrected chi connectivity index (χ2v) is 4.21. The Morgan fingerprint density at radius 2 is 1.75 bits per heavy atom. The minimum atomic E-state index is -4.53. The van der Waals surface area contributed by atoms with Crippen LogP contribution in [0.3, 0.4) is 0 Å². The average molecular weight is 301 g/mol. The molecule has 0 amide bonds. The molecule has 0 bridgehead atoms. The molecule has 1 aromatic carbocycles. The predicted octanol–water partition coefficient (Wildman–Crippen LogP) is 3.28. The summed E-state index contributed by atoms with van der Waals surface area (Å²) in [5.74, 6) is 0. The molecule has 1 atom stereocenters. The molecule has 2 N–H and O–H groups in total. The van der Waals surface area contributed by atoms with E-state index in [1.54, 1.807) is 0 Å². The van der Waals surface area contributed by atoms with E-state index in [1.807, 2.05) is 0 Å². The van der Waals surface area contributed by atoms with E-state index in [0.717, 1.165) is 18.2 Å². The van der Waals surface area contributed by atoms with Gasteiger partial charge in [-0.05, 0) is 17.7 Å². The molecule has 0 heterocycles. The van der Waals surface area contributed by atoms with Gasteiger partial charge in [0.05, 0.1) is 18.1 Å². The molecular formula is C12H13F6NO. The summed E-state index contributed by atoms with van der Waals surface area (Å²) >= 11 is 0. The number of hydrogen-bond acceptors (Lipinski definition) is 2. The summed E-state index contributed by atoms with van der Waals surface area (Å²) in [6, 6.07) is 4.05. The smallest absolute Gasteiger partial charge is 0.387 e. The normalized spacial score (nSPS) is 14.3. The molecule has 0 radical (unpaired) electrons. The minimum absolute atomic E-state index is 0.000617. The number of nitrogens with one attached hydrogen (secondary N) is 1. The Morgan fingerprint density at radius 1 is 1.10 bits per heavy atom. The van der Waals surface area contributed by atoms with Crippen LogP contribution in [0.2, 0.25) is 0 Å². The first-order chi connectivity index (χ1) is 9.09. The van der Waals surface area contributed by atoms with Crippen molar-refractivity contribution in [2.24, 2.45) is 0 Å². The largest absolute Gasteiger partial charge is 0.416 e. The van der Waals surface area contributed by atoms with Crippen molar-refractivity contribution in [2.75, 3.05) is 13.1 Å². The lowest BCUT2D eigenvalue weighted by Crippen LogP contribution is -2.26. The Hall–Kier alpha value is -1.28. The van der Waals surface area contributed by atoms with Gasteiger partial charge in [0.15, 0.2) is 0 Å². The molecule has 0 aliphatic heterocycles. The van der Waals surface area contributed by atoms with Crippen LogP contribution in [0.25, 0.3) is 0 Å². The fraction of sp³-hybridized carbons (Fsp3) is 0.500. The fourth-order valence-corrected chi connectivity index (χ4v) is 1.51. The fourth-order valence-electron chi connectivity index (χ4n) is 1.51. The van der Waals surface area contributed by atoms with E-state index in [1.165, 1.54) is 6.07 Å². The Kier molecular flexibility index (Phi) is 5.41. The van der Waals surface area contributed by atoms with Gasteiger partial charge in [0.1, 0.15) is 0 Å². The maximum atomic E-state index is 12.4. The molecule has 0 aliphatic carbocycles. The van der Waals surface area contributed by atoms with Crippen LogP contribution in [0.15, 0.2) is 24.3 Å². The van der Waals surface area contributed by atoms with Gasteiger partial charge in [0, 0.05) is 13.1 Å².